The predicted molar refractivity (Wildman–Crippen MR) is 72.4 cm³/mol. The molecule has 1 aromatic heterocycles. The van der Waals surface area contributed by atoms with Crippen molar-refractivity contribution in [2.24, 2.45) is 0 Å². The van der Waals surface area contributed by atoms with Crippen LogP contribution in [0, 0.1) is 0 Å². The van der Waals surface area contributed by atoms with Crippen molar-refractivity contribution in [3.8, 4) is 0 Å². The first-order valence-corrected chi connectivity index (χ1v) is 6.31. The van der Waals surface area contributed by atoms with Crippen LogP contribution in [0.5, 0.6) is 0 Å². The van der Waals surface area contributed by atoms with Crippen LogP contribution in [0.2, 0.25) is 0 Å². The average molecular weight is 271 g/mol. The summed E-state index contributed by atoms with van der Waals surface area (Å²) in [4.78, 5) is 25.2. The van der Waals surface area contributed by atoms with Gasteiger partial charge in [0.05, 0.1) is 6.20 Å². The van der Waals surface area contributed by atoms with Crippen molar-refractivity contribution >= 4 is 23.2 Å². The highest BCUT2D eigenvalue weighted by atomic mass is 16.2. The number of carbonyl (C=O) groups excluding carboxylic acids is 2. The van der Waals surface area contributed by atoms with E-state index in [1.165, 1.54) is 6.20 Å². The fourth-order valence-corrected chi connectivity index (χ4v) is 2.15. The van der Waals surface area contributed by atoms with Crippen molar-refractivity contribution in [3.63, 3.8) is 0 Å². The summed E-state index contributed by atoms with van der Waals surface area (Å²) >= 11 is 0. The number of nitrogens with zero attached hydrogens (tertiary/aromatic N) is 3. The first-order valence-electron chi connectivity index (χ1n) is 6.31. The highest BCUT2D eigenvalue weighted by molar-refractivity contribution is 6.02. The first-order chi connectivity index (χ1) is 9.74. The molecule has 7 nitrogen and oxygen atoms in total. The monoisotopic (exact) mass is 271 g/mol. The zero-order chi connectivity index (χ0) is 13.9. The van der Waals surface area contributed by atoms with Crippen molar-refractivity contribution in [2.75, 3.05) is 16.8 Å². The number of aromatic amines is 1. The SMILES string of the molecule is O=C(Nc1ccc(N2CCCC2=O)cc1)c1cn[nH]n1. The summed E-state index contributed by atoms with van der Waals surface area (Å²) in [6.07, 6.45) is 2.85. The van der Waals surface area contributed by atoms with Crippen molar-refractivity contribution in [2.45, 2.75) is 12.8 Å². The Bertz CT molecular complexity index is 621. The van der Waals surface area contributed by atoms with Gasteiger partial charge in [0, 0.05) is 24.3 Å². The Morgan fingerprint density at radius 3 is 2.70 bits per heavy atom. The van der Waals surface area contributed by atoms with Gasteiger partial charge < -0.3 is 10.2 Å². The van der Waals surface area contributed by atoms with Crippen LogP contribution in [0.3, 0.4) is 0 Å². The molecule has 0 radical (unpaired) electrons. The maximum atomic E-state index is 11.8. The molecule has 1 aliphatic heterocycles. The molecule has 0 atom stereocenters. The Kier molecular flexibility index (Phi) is 3.16. The molecule has 1 aromatic carbocycles. The molecule has 1 fully saturated rings. The number of hydrogen-bond donors (Lipinski definition) is 2. The molecule has 0 aliphatic carbocycles. The maximum absolute atomic E-state index is 11.8. The molecule has 7 heteroatoms. The minimum atomic E-state index is -0.330. The lowest BCUT2D eigenvalue weighted by Gasteiger charge is -2.15. The smallest absolute Gasteiger partial charge is 0.277 e. The van der Waals surface area contributed by atoms with E-state index >= 15 is 0 Å². The molecule has 0 saturated carbocycles. The van der Waals surface area contributed by atoms with Crippen molar-refractivity contribution in [1.29, 1.82) is 0 Å². The van der Waals surface area contributed by atoms with Crippen LogP contribution in [0.25, 0.3) is 0 Å². The Morgan fingerprint density at radius 1 is 1.30 bits per heavy atom. The van der Waals surface area contributed by atoms with Gasteiger partial charge in [-0.2, -0.15) is 15.4 Å². The molecule has 1 aliphatic rings. The van der Waals surface area contributed by atoms with Crippen LogP contribution in [0.4, 0.5) is 11.4 Å². The molecular weight excluding hydrogens is 258 g/mol. The zero-order valence-corrected chi connectivity index (χ0v) is 10.7. The lowest BCUT2D eigenvalue weighted by Crippen LogP contribution is -2.23. The fraction of sp³-hybridized carbons (Fsp3) is 0.231. The molecule has 0 bridgehead atoms. The lowest BCUT2D eigenvalue weighted by molar-refractivity contribution is -0.117. The molecule has 2 heterocycles. The number of H-pyrrole nitrogens is 1. The predicted octanol–water partition coefficient (Wildman–Crippen LogP) is 1.18. The fourth-order valence-electron chi connectivity index (χ4n) is 2.15. The summed E-state index contributed by atoms with van der Waals surface area (Å²) < 4.78 is 0. The standard InChI is InChI=1S/C13H13N5O2/c19-12-2-1-7-18(12)10-5-3-9(4-6-10)15-13(20)11-8-14-17-16-11/h3-6,8H,1-2,7H2,(H,15,20)(H,14,16,17). The molecule has 102 valence electrons. The summed E-state index contributed by atoms with van der Waals surface area (Å²) in [6, 6.07) is 7.17. The van der Waals surface area contributed by atoms with Gasteiger partial charge in [-0.25, -0.2) is 0 Å². The van der Waals surface area contributed by atoms with Crippen molar-refractivity contribution < 1.29 is 9.59 Å². The van der Waals surface area contributed by atoms with Crippen LogP contribution in [0.1, 0.15) is 23.3 Å². The highest BCUT2D eigenvalue weighted by Gasteiger charge is 2.21. The van der Waals surface area contributed by atoms with Crippen LogP contribution in [-0.4, -0.2) is 33.8 Å². The number of benzene rings is 1. The number of nitrogens with one attached hydrogen (secondary N) is 2. The number of hydrogen-bond acceptors (Lipinski definition) is 4. The number of carbonyl (C=O) groups is 2. The molecule has 0 unspecified atom stereocenters. The van der Waals surface area contributed by atoms with Crippen LogP contribution >= 0.6 is 0 Å². The second kappa shape index (κ2) is 5.12. The van der Waals surface area contributed by atoms with Gasteiger partial charge in [0.2, 0.25) is 5.91 Å². The minimum Gasteiger partial charge on any atom is -0.321 e. The van der Waals surface area contributed by atoms with E-state index in [0.29, 0.717) is 12.1 Å². The van der Waals surface area contributed by atoms with Gasteiger partial charge in [-0.05, 0) is 30.7 Å². The number of aromatic nitrogens is 3. The van der Waals surface area contributed by atoms with Gasteiger partial charge in [0.15, 0.2) is 5.69 Å². The Hall–Kier alpha value is -2.70. The van der Waals surface area contributed by atoms with Gasteiger partial charge in [-0.3, -0.25) is 9.59 Å². The molecule has 3 rings (SSSR count). The first kappa shape index (κ1) is 12.3. The summed E-state index contributed by atoms with van der Waals surface area (Å²) in [7, 11) is 0. The number of rotatable bonds is 3. The van der Waals surface area contributed by atoms with Crippen molar-refractivity contribution in [3.05, 3.63) is 36.2 Å². The highest BCUT2D eigenvalue weighted by Crippen LogP contribution is 2.23. The van der Waals surface area contributed by atoms with Gasteiger partial charge in [0.25, 0.3) is 5.91 Å². The second-order valence-electron chi connectivity index (χ2n) is 4.51. The molecule has 1 saturated heterocycles. The van der Waals surface area contributed by atoms with E-state index in [1.807, 2.05) is 12.1 Å². The van der Waals surface area contributed by atoms with E-state index in [0.717, 1.165) is 18.7 Å². The van der Waals surface area contributed by atoms with Gasteiger partial charge >= 0.3 is 0 Å². The molecule has 20 heavy (non-hydrogen) atoms. The summed E-state index contributed by atoms with van der Waals surface area (Å²) in [5.74, 6) is -0.187. The topological polar surface area (TPSA) is 91.0 Å². The quantitative estimate of drug-likeness (QED) is 0.877. The largest absolute Gasteiger partial charge is 0.321 e. The Labute approximate surface area is 115 Å². The van der Waals surface area contributed by atoms with Crippen LogP contribution in [0.15, 0.2) is 30.5 Å². The molecule has 2 amide bonds. The lowest BCUT2D eigenvalue weighted by atomic mass is 10.2. The normalized spacial score (nSPS) is 14.6. The third kappa shape index (κ3) is 2.37. The average Bonchev–Trinajstić information content (AvgIpc) is 3.11. The van der Waals surface area contributed by atoms with E-state index in [-0.39, 0.29) is 17.5 Å². The molecule has 2 aromatic rings. The molecular formula is C13H13N5O2. The van der Waals surface area contributed by atoms with E-state index in [2.05, 4.69) is 20.7 Å². The number of amides is 2. The van der Waals surface area contributed by atoms with Crippen LogP contribution in [-0.2, 0) is 4.79 Å². The van der Waals surface area contributed by atoms with E-state index < -0.39 is 0 Å². The van der Waals surface area contributed by atoms with Gasteiger partial charge in [-0.15, -0.1) is 0 Å². The van der Waals surface area contributed by atoms with Gasteiger partial charge in [-0.1, -0.05) is 0 Å². The second-order valence-corrected chi connectivity index (χ2v) is 4.51. The van der Waals surface area contributed by atoms with Crippen LogP contribution < -0.4 is 10.2 Å². The molecule has 2 N–H and O–H groups in total. The van der Waals surface area contributed by atoms with Crippen molar-refractivity contribution in [1.82, 2.24) is 15.4 Å². The minimum absolute atomic E-state index is 0.143. The van der Waals surface area contributed by atoms with E-state index in [4.69, 9.17) is 0 Å². The summed E-state index contributed by atoms with van der Waals surface area (Å²) in [6.45, 7) is 0.753. The zero-order valence-electron chi connectivity index (χ0n) is 10.7. The summed E-state index contributed by atoms with van der Waals surface area (Å²) in [5, 5.41) is 12.4. The Balaban J connectivity index is 1.70. The molecule has 0 spiro atoms. The third-order valence-electron chi connectivity index (χ3n) is 3.16. The number of anilines is 2. The Morgan fingerprint density at radius 2 is 2.10 bits per heavy atom. The third-order valence-corrected chi connectivity index (χ3v) is 3.16. The van der Waals surface area contributed by atoms with Gasteiger partial charge in [0.1, 0.15) is 0 Å². The maximum Gasteiger partial charge on any atom is 0.277 e. The van der Waals surface area contributed by atoms with E-state index in [1.54, 1.807) is 17.0 Å². The van der Waals surface area contributed by atoms with E-state index in [9.17, 15) is 9.59 Å². The summed E-state index contributed by atoms with van der Waals surface area (Å²) in [5.41, 5.74) is 1.73.